The topological polar surface area (TPSA) is 140 Å². The van der Waals surface area contributed by atoms with Gasteiger partial charge in [0.1, 0.15) is 23.7 Å². The highest BCUT2D eigenvalue weighted by Gasteiger charge is 2.17. The number of ether oxygens (including phenoxy) is 2. The first-order valence-electron chi connectivity index (χ1n) is 13.4. The number of aromatic nitrogens is 1. The van der Waals surface area contributed by atoms with E-state index in [2.05, 4.69) is 15.6 Å². The summed E-state index contributed by atoms with van der Waals surface area (Å²) < 4.78 is 17.8. The lowest BCUT2D eigenvalue weighted by Gasteiger charge is -2.12. The summed E-state index contributed by atoms with van der Waals surface area (Å²) in [6.07, 6.45) is 5.87. The van der Waals surface area contributed by atoms with E-state index in [1.807, 2.05) is 13.0 Å². The van der Waals surface area contributed by atoms with Crippen LogP contribution in [0.4, 0.5) is 4.79 Å². The first kappa shape index (κ1) is 27.0. The second-order valence-corrected chi connectivity index (χ2v) is 9.95. The van der Waals surface area contributed by atoms with Crippen LogP contribution in [0.5, 0.6) is 17.2 Å². The summed E-state index contributed by atoms with van der Waals surface area (Å²) in [5.74, 6) is 1.37. The first-order chi connectivity index (χ1) is 19.4. The molecule has 1 fully saturated rings. The van der Waals surface area contributed by atoms with E-state index in [4.69, 9.17) is 19.0 Å². The Kier molecular flexibility index (Phi) is 8.14. The van der Waals surface area contributed by atoms with Gasteiger partial charge in [0.05, 0.1) is 23.5 Å². The van der Waals surface area contributed by atoms with Crippen molar-refractivity contribution in [3.8, 4) is 17.2 Å². The molecule has 1 aliphatic carbocycles. The van der Waals surface area contributed by atoms with E-state index in [1.54, 1.807) is 42.6 Å². The molecule has 208 valence electrons. The Morgan fingerprint density at radius 2 is 1.88 bits per heavy atom. The molecular weight excluding hydrogens is 514 g/mol. The molecule has 10 heteroatoms. The van der Waals surface area contributed by atoms with Gasteiger partial charge in [0.15, 0.2) is 11.3 Å². The number of fused-ring (bicyclic) bond motifs is 2. The van der Waals surface area contributed by atoms with Crippen molar-refractivity contribution in [2.75, 3.05) is 13.2 Å². The van der Waals surface area contributed by atoms with E-state index in [1.165, 1.54) is 12.8 Å². The lowest BCUT2D eigenvalue weighted by molar-refractivity contribution is -0.121. The van der Waals surface area contributed by atoms with Crippen LogP contribution in [-0.2, 0) is 11.2 Å². The number of benzene rings is 2. The average Bonchev–Trinajstić information content (AvgIpc) is 3.44. The molecule has 4 aromatic rings. The first-order valence-corrected chi connectivity index (χ1v) is 13.4. The van der Waals surface area contributed by atoms with Gasteiger partial charge in [0.2, 0.25) is 11.3 Å². The summed E-state index contributed by atoms with van der Waals surface area (Å²) in [6.45, 7) is 2.00. The smallest absolute Gasteiger partial charge is 0.404 e. The Hall–Kier alpha value is -4.60. The highest BCUT2D eigenvalue weighted by Crippen LogP contribution is 2.31. The van der Waals surface area contributed by atoms with Gasteiger partial charge < -0.3 is 29.6 Å². The molecule has 5 rings (SSSR count). The number of aryl methyl sites for hydroxylation is 2. The third-order valence-electron chi connectivity index (χ3n) is 6.85. The molecule has 1 saturated carbocycles. The minimum atomic E-state index is -1.14. The van der Waals surface area contributed by atoms with E-state index in [-0.39, 0.29) is 30.1 Å². The highest BCUT2D eigenvalue weighted by atomic mass is 16.5. The molecule has 1 aliphatic rings. The molecule has 2 amide bonds. The maximum Gasteiger partial charge on any atom is 0.404 e. The number of carboxylic acid groups (broad SMARTS) is 1. The van der Waals surface area contributed by atoms with Gasteiger partial charge in [-0.2, -0.15) is 0 Å². The van der Waals surface area contributed by atoms with Crippen LogP contribution in [-0.4, -0.2) is 41.3 Å². The second kappa shape index (κ2) is 12.1. The third-order valence-corrected chi connectivity index (χ3v) is 6.85. The summed E-state index contributed by atoms with van der Waals surface area (Å²) in [5.41, 5.74) is 2.00. The molecule has 0 bridgehead atoms. The molecule has 0 spiro atoms. The molecule has 2 aromatic heterocycles. The number of carbonyl (C=O) groups excluding carboxylic acids is 1. The monoisotopic (exact) mass is 545 g/mol. The van der Waals surface area contributed by atoms with Crippen LogP contribution in [0.2, 0.25) is 0 Å². The Labute approximate surface area is 230 Å². The van der Waals surface area contributed by atoms with E-state index in [0.29, 0.717) is 52.5 Å². The van der Waals surface area contributed by atoms with Crippen molar-refractivity contribution in [2.24, 2.45) is 0 Å². The number of hydrogen-bond donors (Lipinski definition) is 3. The molecule has 0 radical (unpaired) electrons. The number of carbonyl (C=O) groups is 2. The molecule has 2 aromatic carbocycles. The maximum atomic E-state index is 13.2. The van der Waals surface area contributed by atoms with E-state index < -0.39 is 6.09 Å². The summed E-state index contributed by atoms with van der Waals surface area (Å²) in [6, 6.07) is 12.4. The van der Waals surface area contributed by atoms with Gasteiger partial charge in [-0.05, 0) is 68.1 Å². The van der Waals surface area contributed by atoms with Gasteiger partial charge in [-0.3, -0.25) is 14.6 Å². The maximum absolute atomic E-state index is 13.2. The Balaban J connectivity index is 1.29. The zero-order chi connectivity index (χ0) is 28.1. The Morgan fingerprint density at radius 1 is 1.07 bits per heavy atom. The predicted octanol–water partition coefficient (Wildman–Crippen LogP) is 5.08. The zero-order valence-corrected chi connectivity index (χ0v) is 22.2. The number of pyridine rings is 1. The Bertz CT molecular complexity index is 1590. The Morgan fingerprint density at radius 3 is 2.62 bits per heavy atom. The number of amides is 2. The number of rotatable bonds is 10. The van der Waals surface area contributed by atoms with E-state index in [0.717, 1.165) is 24.1 Å². The van der Waals surface area contributed by atoms with Gasteiger partial charge in [-0.1, -0.05) is 12.8 Å². The lowest BCUT2D eigenvalue weighted by Crippen LogP contribution is -2.32. The largest absolute Gasteiger partial charge is 0.488 e. The van der Waals surface area contributed by atoms with Crippen molar-refractivity contribution in [1.29, 1.82) is 0 Å². The number of hydrogen-bond acceptors (Lipinski definition) is 7. The van der Waals surface area contributed by atoms with Crippen molar-refractivity contribution in [3.63, 3.8) is 0 Å². The van der Waals surface area contributed by atoms with Crippen molar-refractivity contribution in [2.45, 2.75) is 51.5 Å². The van der Waals surface area contributed by atoms with Gasteiger partial charge in [0, 0.05) is 24.2 Å². The van der Waals surface area contributed by atoms with Crippen molar-refractivity contribution < 1.29 is 28.6 Å². The second-order valence-electron chi connectivity index (χ2n) is 9.95. The molecule has 0 atom stereocenters. The average molecular weight is 546 g/mol. The summed E-state index contributed by atoms with van der Waals surface area (Å²) in [5, 5.41) is 14.9. The molecule has 0 unspecified atom stereocenters. The third kappa shape index (κ3) is 6.51. The van der Waals surface area contributed by atoms with Crippen LogP contribution in [0.3, 0.4) is 0 Å². The van der Waals surface area contributed by atoms with Crippen molar-refractivity contribution in [3.05, 3.63) is 70.1 Å². The molecule has 0 saturated heterocycles. The highest BCUT2D eigenvalue weighted by molar-refractivity contribution is 5.93. The fourth-order valence-corrected chi connectivity index (χ4v) is 4.90. The van der Waals surface area contributed by atoms with Crippen LogP contribution >= 0.6 is 0 Å². The van der Waals surface area contributed by atoms with E-state index in [9.17, 15) is 14.4 Å². The summed E-state index contributed by atoms with van der Waals surface area (Å²) in [4.78, 5) is 40.6. The van der Waals surface area contributed by atoms with Gasteiger partial charge in [-0.25, -0.2) is 4.79 Å². The lowest BCUT2D eigenvalue weighted by atomic mass is 10.1. The molecule has 0 aliphatic heterocycles. The van der Waals surface area contributed by atoms with Crippen molar-refractivity contribution in [1.82, 2.24) is 15.6 Å². The van der Waals surface area contributed by atoms with E-state index >= 15 is 0 Å². The minimum absolute atomic E-state index is 0.0554. The van der Waals surface area contributed by atoms with Crippen molar-refractivity contribution >= 4 is 33.9 Å². The summed E-state index contributed by atoms with van der Waals surface area (Å²) >= 11 is 0. The van der Waals surface area contributed by atoms with Crippen LogP contribution in [0.1, 0.15) is 43.4 Å². The molecule has 10 nitrogen and oxygen atoms in total. The zero-order valence-electron chi connectivity index (χ0n) is 22.2. The van der Waals surface area contributed by atoms with Crippen LogP contribution in [0, 0.1) is 6.92 Å². The molecule has 3 N–H and O–H groups in total. The van der Waals surface area contributed by atoms with Crippen LogP contribution in [0.25, 0.3) is 21.9 Å². The normalized spacial score (nSPS) is 13.4. The fourth-order valence-electron chi connectivity index (χ4n) is 4.90. The number of nitrogens with one attached hydrogen (secondary N) is 2. The van der Waals surface area contributed by atoms with Gasteiger partial charge in [0.25, 0.3) is 0 Å². The predicted molar refractivity (Wildman–Crippen MR) is 149 cm³/mol. The fraction of sp³-hybridized carbons (Fsp3) is 0.333. The SMILES string of the molecule is Cc1cc(OCCNC(=O)O)c2oc3cc(Oc4ccc(CCC(=O)NC5CCCC5)nc4)ccc3c(=O)c2c1. The summed E-state index contributed by atoms with van der Waals surface area (Å²) in [7, 11) is 0. The molecule has 2 heterocycles. The molecule has 40 heavy (non-hydrogen) atoms. The quantitative estimate of drug-likeness (QED) is 0.185. The van der Waals surface area contributed by atoms with Crippen LogP contribution < -0.4 is 25.5 Å². The van der Waals surface area contributed by atoms with Crippen LogP contribution in [0.15, 0.2) is 57.9 Å². The van der Waals surface area contributed by atoms with Gasteiger partial charge in [-0.15, -0.1) is 0 Å². The molecular formula is C30H31N3O7. The van der Waals surface area contributed by atoms with Gasteiger partial charge >= 0.3 is 6.09 Å². The standard InChI is InChI=1S/C30H31N3O7/c1-18-14-24-28(35)23-10-9-21(16-25(23)40-29(24)26(15-18)38-13-12-31-30(36)37)39-22-8-6-19(32-17-22)7-11-27(34)33-20-4-2-3-5-20/h6,8-10,14-17,20,31H,2-5,7,11-13H2,1H3,(H,33,34)(H,36,37). The minimum Gasteiger partial charge on any atom is -0.488 e. The number of nitrogens with zero attached hydrogens (tertiary/aromatic N) is 1.